The number of benzene rings is 1. The minimum Gasteiger partial charge on any atom is -0.313 e. The zero-order valence-electron chi connectivity index (χ0n) is 13.2. The first-order valence-corrected chi connectivity index (χ1v) is 9.50. The second-order valence-electron chi connectivity index (χ2n) is 5.62. The highest BCUT2D eigenvalue weighted by molar-refractivity contribution is 7.88. The molecule has 1 aromatic heterocycles. The molecule has 0 amide bonds. The molecule has 0 saturated carbocycles. The van der Waals surface area contributed by atoms with Crippen molar-refractivity contribution in [2.75, 3.05) is 19.6 Å². The number of rotatable bonds is 4. The third kappa shape index (κ3) is 4.68. The van der Waals surface area contributed by atoms with Crippen molar-refractivity contribution in [3.63, 3.8) is 0 Å². The van der Waals surface area contributed by atoms with Gasteiger partial charge in [-0.05, 0) is 29.3 Å². The summed E-state index contributed by atoms with van der Waals surface area (Å²) in [6.07, 6.45) is 3.33. The van der Waals surface area contributed by atoms with Gasteiger partial charge < -0.3 is 5.32 Å². The van der Waals surface area contributed by atoms with Crippen LogP contribution in [0.25, 0.3) is 0 Å². The van der Waals surface area contributed by atoms with Crippen LogP contribution in [-0.2, 0) is 15.8 Å². The fourth-order valence-corrected chi connectivity index (χ4v) is 4.72. The minimum atomic E-state index is -3.58. The Hall–Kier alpha value is -1.25. The molecule has 5 nitrogen and oxygen atoms in total. The summed E-state index contributed by atoms with van der Waals surface area (Å²) in [7, 11) is -3.58. The van der Waals surface area contributed by atoms with Crippen molar-refractivity contribution in [1.29, 1.82) is 0 Å². The van der Waals surface area contributed by atoms with Gasteiger partial charge in [0.05, 0.1) is 16.8 Å². The Morgan fingerprint density at radius 2 is 2.16 bits per heavy atom. The third-order valence-corrected chi connectivity index (χ3v) is 6.09. The molecule has 1 N–H and O–H groups in total. The monoisotopic (exact) mass is 405 g/mol. The summed E-state index contributed by atoms with van der Waals surface area (Å²) in [4.78, 5) is 4.07. The maximum atomic E-state index is 13.3. The Bertz CT molecular complexity index is 821. The lowest BCUT2D eigenvalue weighted by Gasteiger charge is -2.35. The Balaban J connectivity index is 0.00000225. The number of nitrogens with one attached hydrogen (secondary N) is 1. The van der Waals surface area contributed by atoms with Crippen LogP contribution in [0.15, 0.2) is 42.7 Å². The molecule has 1 unspecified atom stereocenters. The van der Waals surface area contributed by atoms with Gasteiger partial charge in [-0.3, -0.25) is 4.98 Å². The fraction of sp³-hybridized carbons (Fsp3) is 0.312. The predicted molar refractivity (Wildman–Crippen MR) is 97.8 cm³/mol. The molecular weight excluding hydrogens is 388 g/mol. The highest BCUT2D eigenvalue weighted by Gasteiger charge is 2.33. The SMILES string of the molecule is Cl.O=S(=O)(Cc1ccc(F)c(Cl)c1)N1CCNCC1c1cccnc1. The summed E-state index contributed by atoms with van der Waals surface area (Å²) in [5.74, 6) is -0.780. The zero-order chi connectivity index (χ0) is 17.2. The lowest BCUT2D eigenvalue weighted by molar-refractivity contribution is 0.271. The van der Waals surface area contributed by atoms with Gasteiger partial charge in [-0.15, -0.1) is 12.4 Å². The second kappa shape index (κ2) is 8.42. The number of hydrogen-bond donors (Lipinski definition) is 1. The van der Waals surface area contributed by atoms with E-state index in [0.29, 0.717) is 25.2 Å². The molecule has 1 fully saturated rings. The Morgan fingerprint density at radius 1 is 1.36 bits per heavy atom. The molecule has 0 radical (unpaired) electrons. The highest BCUT2D eigenvalue weighted by atomic mass is 35.5. The van der Waals surface area contributed by atoms with Crippen LogP contribution in [0.3, 0.4) is 0 Å². The topological polar surface area (TPSA) is 62.3 Å². The van der Waals surface area contributed by atoms with Crippen molar-refractivity contribution in [2.24, 2.45) is 0 Å². The van der Waals surface area contributed by atoms with Crippen molar-refractivity contribution >= 4 is 34.0 Å². The normalized spacial score (nSPS) is 18.6. The third-order valence-electron chi connectivity index (χ3n) is 3.95. The maximum absolute atomic E-state index is 13.3. The highest BCUT2D eigenvalue weighted by Crippen LogP contribution is 2.27. The molecule has 0 bridgehead atoms. The van der Waals surface area contributed by atoms with Crippen molar-refractivity contribution in [1.82, 2.24) is 14.6 Å². The first kappa shape index (κ1) is 20.1. The van der Waals surface area contributed by atoms with E-state index in [0.717, 1.165) is 5.56 Å². The van der Waals surface area contributed by atoms with Crippen LogP contribution in [0.4, 0.5) is 4.39 Å². The Kier molecular flexibility index (Phi) is 6.76. The van der Waals surface area contributed by atoms with E-state index in [4.69, 9.17) is 11.6 Å². The maximum Gasteiger partial charge on any atom is 0.218 e. The number of hydrogen-bond acceptors (Lipinski definition) is 4. The number of halogens is 3. The zero-order valence-corrected chi connectivity index (χ0v) is 15.6. The average molecular weight is 406 g/mol. The van der Waals surface area contributed by atoms with Crippen LogP contribution in [0.1, 0.15) is 17.2 Å². The standard InChI is InChI=1S/C16H17ClFN3O2S.ClH/c17-14-8-12(3-4-15(14)18)11-24(22,23)21-7-6-20-10-16(21)13-2-1-5-19-9-13;/h1-5,8-9,16,20H,6-7,10-11H2;1H. The molecule has 2 heterocycles. The van der Waals surface area contributed by atoms with Gasteiger partial charge in [0.15, 0.2) is 0 Å². The van der Waals surface area contributed by atoms with Gasteiger partial charge in [-0.2, -0.15) is 4.31 Å². The average Bonchev–Trinajstić information content (AvgIpc) is 2.59. The van der Waals surface area contributed by atoms with Gasteiger partial charge in [0.1, 0.15) is 5.82 Å². The first-order chi connectivity index (χ1) is 11.5. The molecule has 1 aliphatic rings. The van der Waals surface area contributed by atoms with Gasteiger partial charge in [0.2, 0.25) is 10.0 Å². The van der Waals surface area contributed by atoms with Crippen molar-refractivity contribution < 1.29 is 12.8 Å². The van der Waals surface area contributed by atoms with Crippen molar-refractivity contribution in [2.45, 2.75) is 11.8 Å². The quantitative estimate of drug-likeness (QED) is 0.849. The van der Waals surface area contributed by atoms with Crippen molar-refractivity contribution in [3.05, 3.63) is 64.7 Å². The molecule has 25 heavy (non-hydrogen) atoms. The number of aromatic nitrogens is 1. The molecular formula is C16H18Cl2FN3O2S. The molecule has 1 atom stereocenters. The molecule has 3 rings (SSSR count). The second-order valence-corrected chi connectivity index (χ2v) is 7.95. The number of piperazine rings is 1. The Morgan fingerprint density at radius 3 is 2.84 bits per heavy atom. The van der Waals surface area contributed by atoms with Crippen LogP contribution in [-0.4, -0.2) is 37.3 Å². The van der Waals surface area contributed by atoms with Gasteiger partial charge in [-0.25, -0.2) is 12.8 Å². The van der Waals surface area contributed by atoms with Gasteiger partial charge >= 0.3 is 0 Å². The van der Waals surface area contributed by atoms with E-state index in [1.54, 1.807) is 18.5 Å². The molecule has 1 aliphatic heterocycles. The fourth-order valence-electron chi connectivity index (χ4n) is 2.80. The van der Waals surface area contributed by atoms with Crippen LogP contribution < -0.4 is 5.32 Å². The van der Waals surface area contributed by atoms with E-state index in [2.05, 4.69) is 10.3 Å². The number of nitrogens with zero attached hydrogens (tertiary/aromatic N) is 2. The molecule has 1 saturated heterocycles. The van der Waals surface area contributed by atoms with E-state index in [9.17, 15) is 12.8 Å². The summed E-state index contributed by atoms with van der Waals surface area (Å²) >= 11 is 5.75. The lowest BCUT2D eigenvalue weighted by atomic mass is 10.1. The van der Waals surface area contributed by atoms with E-state index in [-0.39, 0.29) is 29.2 Å². The van der Waals surface area contributed by atoms with Crippen molar-refractivity contribution in [3.8, 4) is 0 Å². The van der Waals surface area contributed by atoms with Gasteiger partial charge in [-0.1, -0.05) is 23.7 Å². The van der Waals surface area contributed by atoms with E-state index in [1.807, 2.05) is 6.07 Å². The molecule has 0 spiro atoms. The minimum absolute atomic E-state index is 0. The summed E-state index contributed by atoms with van der Waals surface area (Å²) in [6, 6.07) is 7.32. The summed E-state index contributed by atoms with van der Waals surface area (Å²) < 4.78 is 40.5. The van der Waals surface area contributed by atoms with Crippen LogP contribution in [0.5, 0.6) is 0 Å². The smallest absolute Gasteiger partial charge is 0.218 e. The molecule has 136 valence electrons. The lowest BCUT2D eigenvalue weighted by Crippen LogP contribution is -2.48. The number of sulfonamides is 1. The van der Waals surface area contributed by atoms with E-state index in [1.165, 1.54) is 22.5 Å². The molecule has 1 aromatic carbocycles. The first-order valence-electron chi connectivity index (χ1n) is 7.51. The van der Waals surface area contributed by atoms with Crippen LogP contribution in [0.2, 0.25) is 5.02 Å². The van der Waals surface area contributed by atoms with E-state index >= 15 is 0 Å². The van der Waals surface area contributed by atoms with Gasteiger partial charge in [0, 0.05) is 32.0 Å². The molecule has 9 heteroatoms. The van der Waals surface area contributed by atoms with Crippen LogP contribution >= 0.6 is 24.0 Å². The Labute approximate surface area is 157 Å². The summed E-state index contributed by atoms with van der Waals surface area (Å²) in [5, 5.41) is 3.13. The summed E-state index contributed by atoms with van der Waals surface area (Å²) in [6.45, 7) is 1.48. The number of pyridine rings is 1. The largest absolute Gasteiger partial charge is 0.313 e. The van der Waals surface area contributed by atoms with Gasteiger partial charge in [0.25, 0.3) is 0 Å². The molecule has 2 aromatic rings. The predicted octanol–water partition coefficient (Wildman–Crippen LogP) is 2.77. The van der Waals surface area contributed by atoms with E-state index < -0.39 is 15.8 Å². The molecule has 0 aliphatic carbocycles. The summed E-state index contributed by atoms with van der Waals surface area (Å²) in [5.41, 5.74) is 1.30. The van der Waals surface area contributed by atoms with Crippen LogP contribution in [0, 0.1) is 5.82 Å².